The van der Waals surface area contributed by atoms with Crippen molar-refractivity contribution in [3.8, 4) is 5.75 Å². The smallest absolute Gasteiger partial charge is 0.248 e. The summed E-state index contributed by atoms with van der Waals surface area (Å²) in [4.78, 5) is 23.4. The summed E-state index contributed by atoms with van der Waals surface area (Å²) in [7, 11) is 1.98. The van der Waals surface area contributed by atoms with E-state index < -0.39 is 5.82 Å². The molecule has 1 amide bonds. The second-order valence-electron chi connectivity index (χ2n) is 8.19. The van der Waals surface area contributed by atoms with Crippen LogP contribution < -0.4 is 15.4 Å². The van der Waals surface area contributed by atoms with E-state index in [2.05, 4.69) is 25.5 Å². The van der Waals surface area contributed by atoms with Gasteiger partial charge in [0.15, 0.2) is 0 Å². The van der Waals surface area contributed by atoms with Crippen molar-refractivity contribution in [3.63, 3.8) is 0 Å². The lowest BCUT2D eigenvalue weighted by molar-refractivity contribution is -0.111. The van der Waals surface area contributed by atoms with Gasteiger partial charge in [0.05, 0.1) is 29.4 Å². The van der Waals surface area contributed by atoms with Crippen LogP contribution in [-0.2, 0) is 9.53 Å². The average Bonchev–Trinajstić information content (AvgIpc) is 3.35. The van der Waals surface area contributed by atoms with E-state index in [-0.39, 0.29) is 17.0 Å². The minimum Gasteiger partial charge on any atom is -0.486 e. The van der Waals surface area contributed by atoms with Crippen LogP contribution in [-0.4, -0.2) is 60.2 Å². The van der Waals surface area contributed by atoms with Crippen molar-refractivity contribution in [3.05, 3.63) is 59.7 Å². The summed E-state index contributed by atoms with van der Waals surface area (Å²) in [5.41, 5.74) is 1.66. The number of ether oxygens (including phenoxy) is 2. The molecule has 1 fully saturated rings. The summed E-state index contributed by atoms with van der Waals surface area (Å²) in [5.74, 6) is 0.183. The monoisotopic (exact) mass is 499 g/mol. The number of hydrogen-bond donors (Lipinski definition) is 2. The fourth-order valence-electron chi connectivity index (χ4n) is 3.52. The molecule has 0 aliphatic carbocycles. The Labute approximate surface area is 208 Å². The number of nitrogens with one attached hydrogen (secondary N) is 2. The summed E-state index contributed by atoms with van der Waals surface area (Å²) in [6.45, 7) is 4.70. The van der Waals surface area contributed by atoms with Crippen molar-refractivity contribution >= 4 is 45.6 Å². The van der Waals surface area contributed by atoms with Crippen LogP contribution in [0, 0.1) is 5.82 Å². The van der Waals surface area contributed by atoms with Crippen LogP contribution in [0.2, 0.25) is 5.02 Å². The predicted molar refractivity (Wildman–Crippen MR) is 135 cm³/mol. The molecule has 1 saturated heterocycles. The summed E-state index contributed by atoms with van der Waals surface area (Å²) in [5, 5.41) is 6.70. The number of benzene rings is 2. The topological polar surface area (TPSA) is 88.6 Å². The van der Waals surface area contributed by atoms with Gasteiger partial charge in [-0.25, -0.2) is 14.4 Å². The van der Waals surface area contributed by atoms with Crippen molar-refractivity contribution < 1.29 is 18.7 Å². The zero-order chi connectivity index (χ0) is 24.8. The Balaban J connectivity index is 1.66. The van der Waals surface area contributed by atoms with Crippen molar-refractivity contribution in [2.75, 3.05) is 44.0 Å². The van der Waals surface area contributed by atoms with Gasteiger partial charge in [0.1, 0.15) is 29.8 Å². The van der Waals surface area contributed by atoms with Crippen LogP contribution in [0.3, 0.4) is 0 Å². The highest BCUT2D eigenvalue weighted by molar-refractivity contribution is 6.31. The van der Waals surface area contributed by atoms with Gasteiger partial charge >= 0.3 is 0 Å². The molecule has 0 spiro atoms. The third-order valence-electron chi connectivity index (χ3n) is 5.58. The number of amides is 1. The van der Waals surface area contributed by atoms with Gasteiger partial charge in [-0.1, -0.05) is 24.6 Å². The van der Waals surface area contributed by atoms with E-state index in [1.54, 1.807) is 24.3 Å². The van der Waals surface area contributed by atoms with Crippen LogP contribution in [0.25, 0.3) is 10.9 Å². The minimum atomic E-state index is -0.509. The van der Waals surface area contributed by atoms with Gasteiger partial charge in [0, 0.05) is 36.2 Å². The van der Waals surface area contributed by atoms with E-state index in [0.717, 1.165) is 13.0 Å². The van der Waals surface area contributed by atoms with Crippen LogP contribution in [0.4, 0.5) is 21.6 Å². The molecule has 1 aliphatic heterocycles. The van der Waals surface area contributed by atoms with Crippen molar-refractivity contribution in [1.82, 2.24) is 14.9 Å². The number of anilines is 3. The largest absolute Gasteiger partial charge is 0.486 e. The first-order valence-corrected chi connectivity index (χ1v) is 11.7. The molecule has 0 unspecified atom stereocenters. The van der Waals surface area contributed by atoms with Gasteiger partial charge in [-0.05, 0) is 37.9 Å². The number of carbonyl (C=O) groups is 1. The first-order valence-electron chi connectivity index (χ1n) is 11.3. The molecule has 4 rings (SSSR count). The molecular weight excluding hydrogens is 473 g/mol. The van der Waals surface area contributed by atoms with Gasteiger partial charge in [-0.3, -0.25) is 4.79 Å². The number of likely N-dealkylation sites (N-methyl/N-ethyl adjacent to an activating group) is 1. The standard InChI is InChI=1S/C25H27ClFN5O3/c1-3-32(2)9-4-5-24(33)31-22-12-18-21(13-23(22)35-17-8-10-34-14-17)28-15-29-25(18)30-16-6-7-20(27)19(26)11-16/h4-7,11-13,15,17H,3,8-10,14H2,1-2H3,(H,31,33)(H,28,29,30)/t17-/m0/s1. The van der Waals surface area contributed by atoms with E-state index in [4.69, 9.17) is 21.1 Å². The molecule has 0 radical (unpaired) electrons. The van der Waals surface area contributed by atoms with E-state index in [1.807, 2.05) is 14.0 Å². The zero-order valence-corrected chi connectivity index (χ0v) is 20.3. The fourth-order valence-corrected chi connectivity index (χ4v) is 3.70. The molecule has 2 N–H and O–H groups in total. The summed E-state index contributed by atoms with van der Waals surface area (Å²) in [6.07, 6.45) is 5.37. The Morgan fingerprint density at radius 3 is 2.94 bits per heavy atom. The second kappa shape index (κ2) is 11.4. The third-order valence-corrected chi connectivity index (χ3v) is 5.87. The van der Waals surface area contributed by atoms with E-state index in [1.165, 1.54) is 24.5 Å². The molecule has 1 aromatic heterocycles. The molecule has 0 saturated carbocycles. The molecule has 3 aromatic rings. The van der Waals surface area contributed by atoms with Gasteiger partial charge < -0.3 is 25.0 Å². The second-order valence-corrected chi connectivity index (χ2v) is 8.60. The quantitative estimate of drug-likeness (QED) is 0.409. The summed E-state index contributed by atoms with van der Waals surface area (Å²) in [6, 6.07) is 7.84. The number of halogens is 2. The number of nitrogens with zero attached hydrogens (tertiary/aromatic N) is 3. The minimum absolute atomic E-state index is 0.00344. The van der Waals surface area contributed by atoms with Crippen LogP contribution in [0.5, 0.6) is 5.75 Å². The number of fused-ring (bicyclic) bond motifs is 1. The molecule has 1 atom stereocenters. The Kier molecular flexibility index (Phi) is 8.12. The molecule has 2 aromatic carbocycles. The maximum absolute atomic E-state index is 13.6. The van der Waals surface area contributed by atoms with Crippen molar-refractivity contribution in [1.29, 1.82) is 0 Å². The SMILES string of the molecule is CCN(C)CC=CC(=O)Nc1cc2c(Nc3ccc(F)c(Cl)c3)ncnc2cc1O[C@H]1CCOC1. The molecule has 35 heavy (non-hydrogen) atoms. The van der Waals surface area contributed by atoms with Crippen LogP contribution in [0.1, 0.15) is 13.3 Å². The molecule has 10 heteroatoms. The van der Waals surface area contributed by atoms with E-state index in [0.29, 0.717) is 53.6 Å². The number of carbonyl (C=O) groups excluding carboxylic acids is 1. The lowest BCUT2D eigenvalue weighted by Gasteiger charge is -2.18. The normalized spacial score (nSPS) is 15.7. The summed E-state index contributed by atoms with van der Waals surface area (Å²) < 4.78 is 25.1. The number of rotatable bonds is 9. The lowest BCUT2D eigenvalue weighted by atomic mass is 10.1. The molecule has 1 aliphatic rings. The Morgan fingerprint density at radius 1 is 1.34 bits per heavy atom. The van der Waals surface area contributed by atoms with Gasteiger partial charge in [-0.15, -0.1) is 0 Å². The van der Waals surface area contributed by atoms with Crippen LogP contribution in [0.15, 0.2) is 48.8 Å². The van der Waals surface area contributed by atoms with E-state index >= 15 is 0 Å². The number of hydrogen-bond acceptors (Lipinski definition) is 7. The summed E-state index contributed by atoms with van der Waals surface area (Å²) >= 11 is 5.92. The predicted octanol–water partition coefficient (Wildman–Crippen LogP) is 4.78. The first kappa shape index (κ1) is 24.8. The Hall–Kier alpha value is -3.27. The molecular formula is C25H27ClFN5O3. The Morgan fingerprint density at radius 2 is 2.20 bits per heavy atom. The van der Waals surface area contributed by atoms with Crippen LogP contribution >= 0.6 is 11.6 Å². The maximum atomic E-state index is 13.6. The first-order chi connectivity index (χ1) is 16.9. The average molecular weight is 500 g/mol. The number of aromatic nitrogens is 2. The van der Waals surface area contributed by atoms with E-state index in [9.17, 15) is 9.18 Å². The zero-order valence-electron chi connectivity index (χ0n) is 19.6. The molecule has 2 heterocycles. The van der Waals surface area contributed by atoms with Crippen molar-refractivity contribution in [2.24, 2.45) is 0 Å². The highest BCUT2D eigenvalue weighted by Gasteiger charge is 2.20. The fraction of sp³-hybridized carbons (Fsp3) is 0.320. The van der Waals surface area contributed by atoms with Crippen molar-refractivity contribution in [2.45, 2.75) is 19.4 Å². The third kappa shape index (κ3) is 6.45. The van der Waals surface area contributed by atoms with Gasteiger partial charge in [0.2, 0.25) is 5.91 Å². The maximum Gasteiger partial charge on any atom is 0.248 e. The lowest BCUT2D eigenvalue weighted by Crippen LogP contribution is -2.19. The molecule has 184 valence electrons. The van der Waals surface area contributed by atoms with Gasteiger partial charge in [-0.2, -0.15) is 0 Å². The Bertz CT molecular complexity index is 1230. The highest BCUT2D eigenvalue weighted by atomic mass is 35.5. The van der Waals surface area contributed by atoms with Gasteiger partial charge in [0.25, 0.3) is 0 Å². The highest BCUT2D eigenvalue weighted by Crippen LogP contribution is 2.35. The molecule has 0 bridgehead atoms. The molecule has 8 nitrogen and oxygen atoms in total.